The minimum absolute atomic E-state index is 0.155. The van der Waals surface area contributed by atoms with Gasteiger partial charge in [-0.2, -0.15) is 0 Å². The third-order valence-corrected chi connectivity index (χ3v) is 4.39. The Morgan fingerprint density at radius 1 is 1.04 bits per heavy atom. The van der Waals surface area contributed by atoms with Gasteiger partial charge in [-0.1, -0.05) is 24.3 Å². The van der Waals surface area contributed by atoms with Crippen LogP contribution in [0.4, 0.5) is 8.78 Å². The van der Waals surface area contributed by atoms with E-state index in [0.717, 1.165) is 11.1 Å². The quantitative estimate of drug-likeness (QED) is 0.527. The Morgan fingerprint density at radius 3 is 2.56 bits per heavy atom. The van der Waals surface area contributed by atoms with Crippen LogP contribution in [0, 0.1) is 18.6 Å². The van der Waals surface area contributed by atoms with Crippen molar-refractivity contribution < 1.29 is 23.1 Å². The molecule has 136 valence electrons. The van der Waals surface area contributed by atoms with Crippen molar-refractivity contribution in [2.45, 2.75) is 13.5 Å². The largest absolute Gasteiger partial charge is 0.491 e. The standard InChI is InChI=1S/C21H15F2NO3/c1-12-9-18(22)19(23)10-17(12)13-5-7-15(8-6-13)26-11-14-3-2-4-16-20(14)27-24-21(16)25/h2-10H,11H2,1H3,(H,24,25). The summed E-state index contributed by atoms with van der Waals surface area (Å²) in [7, 11) is 0. The zero-order chi connectivity index (χ0) is 19.0. The highest BCUT2D eigenvalue weighted by molar-refractivity contribution is 5.84. The smallest absolute Gasteiger partial charge is 0.259 e. The Bertz CT molecular complexity index is 1120. The maximum atomic E-state index is 13.5. The van der Waals surface area contributed by atoms with Gasteiger partial charge >= 0.3 is 0 Å². The maximum absolute atomic E-state index is 13.5. The average molecular weight is 367 g/mol. The zero-order valence-corrected chi connectivity index (χ0v) is 14.4. The highest BCUT2D eigenvalue weighted by Crippen LogP contribution is 2.29. The summed E-state index contributed by atoms with van der Waals surface area (Å²) in [6.07, 6.45) is 0. The van der Waals surface area contributed by atoms with Gasteiger partial charge in [-0.3, -0.25) is 0 Å². The van der Waals surface area contributed by atoms with E-state index in [4.69, 9.17) is 9.26 Å². The Labute approximate surface area is 153 Å². The molecule has 0 bridgehead atoms. The first-order valence-corrected chi connectivity index (χ1v) is 8.28. The minimum atomic E-state index is -0.876. The van der Waals surface area contributed by atoms with Crippen molar-refractivity contribution >= 4 is 11.0 Å². The van der Waals surface area contributed by atoms with Crippen molar-refractivity contribution in [2.24, 2.45) is 0 Å². The van der Waals surface area contributed by atoms with Gasteiger partial charge in [0.25, 0.3) is 5.88 Å². The highest BCUT2D eigenvalue weighted by atomic mass is 19.2. The molecule has 1 aromatic heterocycles. The van der Waals surface area contributed by atoms with Crippen LogP contribution in [-0.2, 0) is 6.61 Å². The van der Waals surface area contributed by atoms with Crippen molar-refractivity contribution in [1.82, 2.24) is 5.16 Å². The second kappa shape index (κ2) is 6.72. The van der Waals surface area contributed by atoms with E-state index in [9.17, 15) is 13.9 Å². The number of fused-ring (bicyclic) bond motifs is 1. The molecule has 0 aliphatic heterocycles. The normalized spacial score (nSPS) is 11.1. The van der Waals surface area contributed by atoms with Crippen molar-refractivity contribution in [1.29, 1.82) is 0 Å². The van der Waals surface area contributed by atoms with Crippen LogP contribution in [0.3, 0.4) is 0 Å². The molecule has 4 aromatic rings. The van der Waals surface area contributed by atoms with Crippen LogP contribution in [0.2, 0.25) is 0 Å². The van der Waals surface area contributed by atoms with E-state index < -0.39 is 11.6 Å². The van der Waals surface area contributed by atoms with Crippen molar-refractivity contribution in [3.05, 3.63) is 77.4 Å². The van der Waals surface area contributed by atoms with E-state index in [1.165, 1.54) is 12.1 Å². The van der Waals surface area contributed by atoms with Crippen molar-refractivity contribution in [3.63, 3.8) is 0 Å². The molecule has 27 heavy (non-hydrogen) atoms. The van der Waals surface area contributed by atoms with E-state index in [0.29, 0.717) is 27.8 Å². The fourth-order valence-electron chi connectivity index (χ4n) is 2.97. The zero-order valence-electron chi connectivity index (χ0n) is 14.4. The molecule has 0 aliphatic rings. The summed E-state index contributed by atoms with van der Waals surface area (Å²) >= 11 is 0. The molecule has 1 heterocycles. The van der Waals surface area contributed by atoms with Crippen molar-refractivity contribution in [3.8, 4) is 22.8 Å². The summed E-state index contributed by atoms with van der Waals surface area (Å²) < 4.78 is 37.7. The van der Waals surface area contributed by atoms with E-state index in [1.807, 2.05) is 6.07 Å². The Hall–Kier alpha value is -3.41. The maximum Gasteiger partial charge on any atom is 0.259 e. The topological polar surface area (TPSA) is 55.5 Å². The molecule has 0 unspecified atom stereocenters. The summed E-state index contributed by atoms with van der Waals surface area (Å²) in [5, 5.41) is 13.7. The average Bonchev–Trinajstić information content (AvgIpc) is 3.05. The summed E-state index contributed by atoms with van der Waals surface area (Å²) in [5.74, 6) is -1.28. The molecule has 6 heteroatoms. The SMILES string of the molecule is Cc1cc(F)c(F)cc1-c1ccc(OCc2cccc3c(O)noc23)cc1. The lowest BCUT2D eigenvalue weighted by Crippen LogP contribution is -1.96. The van der Waals surface area contributed by atoms with E-state index >= 15 is 0 Å². The fourth-order valence-corrected chi connectivity index (χ4v) is 2.97. The molecule has 0 aliphatic carbocycles. The highest BCUT2D eigenvalue weighted by Gasteiger charge is 2.12. The van der Waals surface area contributed by atoms with E-state index in [2.05, 4.69) is 5.16 Å². The summed E-state index contributed by atoms with van der Waals surface area (Å²) in [6.45, 7) is 1.96. The van der Waals surface area contributed by atoms with Gasteiger partial charge in [-0.25, -0.2) is 8.78 Å². The molecule has 0 spiro atoms. The van der Waals surface area contributed by atoms with Gasteiger partial charge in [-0.05, 0) is 59.1 Å². The Morgan fingerprint density at radius 2 is 1.78 bits per heavy atom. The van der Waals surface area contributed by atoms with Crippen LogP contribution >= 0.6 is 0 Å². The van der Waals surface area contributed by atoms with Gasteiger partial charge in [0.1, 0.15) is 12.4 Å². The number of rotatable bonds is 4. The van der Waals surface area contributed by atoms with Crippen molar-refractivity contribution in [2.75, 3.05) is 0 Å². The minimum Gasteiger partial charge on any atom is -0.491 e. The first-order chi connectivity index (χ1) is 13.0. The first kappa shape index (κ1) is 17.0. The number of hydrogen-bond donors (Lipinski definition) is 1. The Kier molecular flexibility index (Phi) is 4.24. The van der Waals surface area contributed by atoms with Crippen LogP contribution in [-0.4, -0.2) is 10.3 Å². The number of hydrogen-bond acceptors (Lipinski definition) is 4. The molecular formula is C21H15F2NO3. The summed E-state index contributed by atoms with van der Waals surface area (Å²) in [4.78, 5) is 0. The molecule has 0 radical (unpaired) electrons. The summed E-state index contributed by atoms with van der Waals surface area (Å²) in [6, 6.07) is 14.8. The van der Waals surface area contributed by atoms with Gasteiger partial charge in [0.15, 0.2) is 17.2 Å². The number of halogens is 2. The van der Waals surface area contributed by atoms with Gasteiger partial charge < -0.3 is 14.4 Å². The van der Waals surface area contributed by atoms with E-state index in [1.54, 1.807) is 43.3 Å². The molecular weight excluding hydrogens is 352 g/mol. The predicted octanol–water partition coefficient (Wildman–Crippen LogP) is 5.37. The van der Waals surface area contributed by atoms with Gasteiger partial charge in [0.2, 0.25) is 0 Å². The second-order valence-corrected chi connectivity index (χ2v) is 6.19. The lowest BCUT2D eigenvalue weighted by atomic mass is 10.0. The number of nitrogens with zero attached hydrogens (tertiary/aromatic N) is 1. The van der Waals surface area contributed by atoms with Crippen LogP contribution in [0.5, 0.6) is 11.6 Å². The number of aryl methyl sites for hydroxylation is 1. The predicted molar refractivity (Wildman–Crippen MR) is 96.5 cm³/mol. The molecule has 4 nitrogen and oxygen atoms in total. The van der Waals surface area contributed by atoms with Gasteiger partial charge in [0, 0.05) is 5.56 Å². The third kappa shape index (κ3) is 3.21. The number of para-hydroxylation sites is 1. The molecule has 4 rings (SSSR count). The second-order valence-electron chi connectivity index (χ2n) is 6.19. The number of aromatic hydroxyl groups is 1. The lowest BCUT2D eigenvalue weighted by Gasteiger charge is -2.10. The molecule has 1 N–H and O–H groups in total. The van der Waals surface area contributed by atoms with Crippen LogP contribution in [0.25, 0.3) is 22.1 Å². The van der Waals surface area contributed by atoms with Crippen LogP contribution in [0.15, 0.2) is 59.1 Å². The molecule has 0 saturated heterocycles. The monoisotopic (exact) mass is 367 g/mol. The summed E-state index contributed by atoms with van der Waals surface area (Å²) in [5.41, 5.74) is 3.27. The number of aromatic nitrogens is 1. The molecule has 0 saturated carbocycles. The van der Waals surface area contributed by atoms with Crippen LogP contribution < -0.4 is 4.74 Å². The molecule has 0 fully saturated rings. The lowest BCUT2D eigenvalue weighted by molar-refractivity contribution is 0.303. The van der Waals surface area contributed by atoms with Gasteiger partial charge in [-0.15, -0.1) is 0 Å². The molecule has 0 atom stereocenters. The molecule has 0 amide bonds. The third-order valence-electron chi connectivity index (χ3n) is 4.39. The molecule has 3 aromatic carbocycles. The van der Waals surface area contributed by atoms with E-state index in [-0.39, 0.29) is 12.5 Å². The first-order valence-electron chi connectivity index (χ1n) is 8.28. The number of ether oxygens (including phenoxy) is 1. The number of benzene rings is 3. The Balaban J connectivity index is 1.54. The fraction of sp³-hybridized carbons (Fsp3) is 0.0952. The van der Waals surface area contributed by atoms with Gasteiger partial charge in [0.05, 0.1) is 5.39 Å². The van der Waals surface area contributed by atoms with Crippen LogP contribution in [0.1, 0.15) is 11.1 Å².